The van der Waals surface area contributed by atoms with Crippen LogP contribution in [0.2, 0.25) is 0 Å². The van der Waals surface area contributed by atoms with Crippen LogP contribution < -0.4 is 5.32 Å². The fourth-order valence-corrected chi connectivity index (χ4v) is 1.95. The van der Waals surface area contributed by atoms with Crippen molar-refractivity contribution < 1.29 is 14.6 Å². The molecule has 0 aliphatic carbocycles. The number of hydrogen-bond acceptors (Lipinski definition) is 3. The summed E-state index contributed by atoms with van der Waals surface area (Å²) in [5.41, 5.74) is 1.18. The molecule has 1 rings (SSSR count). The average molecular weight is 291 g/mol. The SMILES string of the molecule is C=C(OC(C)C)c1cccc(NC(C(=O)O)C(C)(C)C)c1. The number of ether oxygens (including phenoxy) is 1. The van der Waals surface area contributed by atoms with Crippen molar-refractivity contribution in [3.05, 3.63) is 36.4 Å². The standard InChI is InChI=1S/C17H25NO3/c1-11(2)21-12(3)13-8-7-9-14(10-13)18-15(16(19)20)17(4,5)6/h7-11,15,18H,3H2,1-2,4-6H3,(H,19,20). The van der Waals surface area contributed by atoms with E-state index in [1.807, 2.05) is 58.9 Å². The molecule has 0 fully saturated rings. The molecule has 1 unspecified atom stereocenters. The Balaban J connectivity index is 2.95. The predicted octanol–water partition coefficient (Wildman–Crippen LogP) is 3.99. The molecule has 0 spiro atoms. The quantitative estimate of drug-likeness (QED) is 0.778. The summed E-state index contributed by atoms with van der Waals surface area (Å²) in [5.74, 6) is -0.290. The molecule has 116 valence electrons. The van der Waals surface area contributed by atoms with Crippen molar-refractivity contribution in [3.8, 4) is 0 Å². The van der Waals surface area contributed by atoms with Crippen LogP contribution in [0.5, 0.6) is 0 Å². The van der Waals surface area contributed by atoms with E-state index in [4.69, 9.17) is 4.74 Å². The summed E-state index contributed by atoms with van der Waals surface area (Å²) in [4.78, 5) is 11.4. The summed E-state index contributed by atoms with van der Waals surface area (Å²) in [6.07, 6.45) is 0.0514. The number of carbonyl (C=O) groups is 1. The highest BCUT2D eigenvalue weighted by atomic mass is 16.5. The summed E-state index contributed by atoms with van der Waals surface area (Å²) < 4.78 is 5.57. The van der Waals surface area contributed by atoms with Gasteiger partial charge in [0.05, 0.1) is 6.10 Å². The molecule has 1 atom stereocenters. The summed E-state index contributed by atoms with van der Waals surface area (Å²) in [5, 5.41) is 12.4. The minimum atomic E-state index is -0.870. The zero-order valence-corrected chi connectivity index (χ0v) is 13.4. The summed E-state index contributed by atoms with van der Waals surface area (Å²) in [7, 11) is 0. The Bertz CT molecular complexity index is 515. The van der Waals surface area contributed by atoms with Crippen molar-refractivity contribution >= 4 is 17.4 Å². The highest BCUT2D eigenvalue weighted by molar-refractivity contribution is 5.78. The topological polar surface area (TPSA) is 58.6 Å². The first-order valence-corrected chi connectivity index (χ1v) is 7.06. The summed E-state index contributed by atoms with van der Waals surface area (Å²) in [6, 6.07) is 6.77. The molecular formula is C17H25NO3. The third kappa shape index (κ3) is 5.14. The van der Waals surface area contributed by atoms with Crippen molar-refractivity contribution in [3.63, 3.8) is 0 Å². The monoisotopic (exact) mass is 291 g/mol. The molecule has 0 amide bonds. The Hall–Kier alpha value is -1.97. The molecule has 0 aliphatic heterocycles. The van der Waals surface area contributed by atoms with Crippen molar-refractivity contribution in [2.45, 2.75) is 46.8 Å². The fraction of sp³-hybridized carbons (Fsp3) is 0.471. The van der Waals surface area contributed by atoms with Gasteiger partial charge in [-0.1, -0.05) is 39.5 Å². The van der Waals surface area contributed by atoms with Gasteiger partial charge in [-0.3, -0.25) is 0 Å². The van der Waals surface area contributed by atoms with E-state index < -0.39 is 17.4 Å². The first-order chi connectivity index (χ1) is 9.61. The van der Waals surface area contributed by atoms with Crippen LogP contribution in [0.1, 0.15) is 40.2 Å². The predicted molar refractivity (Wildman–Crippen MR) is 86.2 cm³/mol. The van der Waals surface area contributed by atoms with E-state index in [1.165, 1.54) is 0 Å². The number of hydrogen-bond donors (Lipinski definition) is 2. The van der Waals surface area contributed by atoms with Crippen LogP contribution >= 0.6 is 0 Å². The zero-order valence-electron chi connectivity index (χ0n) is 13.4. The number of nitrogens with one attached hydrogen (secondary N) is 1. The van der Waals surface area contributed by atoms with Crippen LogP contribution in [0.25, 0.3) is 5.76 Å². The highest BCUT2D eigenvalue weighted by Gasteiger charge is 2.31. The smallest absolute Gasteiger partial charge is 0.326 e. The van der Waals surface area contributed by atoms with Crippen LogP contribution in [-0.2, 0) is 9.53 Å². The maximum absolute atomic E-state index is 11.4. The minimum Gasteiger partial charge on any atom is -0.491 e. The van der Waals surface area contributed by atoms with E-state index in [2.05, 4.69) is 11.9 Å². The van der Waals surface area contributed by atoms with Crippen LogP contribution in [0.3, 0.4) is 0 Å². The molecule has 0 heterocycles. The fourth-order valence-electron chi connectivity index (χ4n) is 1.95. The Labute approximate surface area is 126 Å². The Kier molecular flexibility index (Phi) is 5.41. The van der Waals surface area contributed by atoms with Gasteiger partial charge in [0, 0.05) is 11.3 Å². The number of aliphatic carboxylic acids is 1. The molecule has 4 nitrogen and oxygen atoms in total. The van der Waals surface area contributed by atoms with Gasteiger partial charge in [-0.05, 0) is 31.4 Å². The Morgan fingerprint density at radius 1 is 1.33 bits per heavy atom. The lowest BCUT2D eigenvalue weighted by Crippen LogP contribution is -2.41. The summed E-state index contributed by atoms with van der Waals surface area (Å²) >= 11 is 0. The number of rotatable bonds is 6. The van der Waals surface area contributed by atoms with Crippen LogP contribution in [0, 0.1) is 5.41 Å². The second-order valence-electron chi connectivity index (χ2n) is 6.45. The first-order valence-electron chi connectivity index (χ1n) is 7.06. The highest BCUT2D eigenvalue weighted by Crippen LogP contribution is 2.25. The van der Waals surface area contributed by atoms with Crippen LogP contribution in [0.4, 0.5) is 5.69 Å². The average Bonchev–Trinajstić information content (AvgIpc) is 2.33. The Morgan fingerprint density at radius 2 is 1.95 bits per heavy atom. The zero-order chi connectivity index (χ0) is 16.2. The molecule has 4 heteroatoms. The molecule has 1 aromatic carbocycles. The molecule has 0 saturated heterocycles. The molecule has 0 bridgehead atoms. The third-order valence-corrected chi connectivity index (χ3v) is 2.99. The molecule has 21 heavy (non-hydrogen) atoms. The lowest BCUT2D eigenvalue weighted by molar-refractivity contribution is -0.140. The molecular weight excluding hydrogens is 266 g/mol. The van der Waals surface area contributed by atoms with Gasteiger partial charge in [0.25, 0.3) is 0 Å². The van der Waals surface area contributed by atoms with E-state index in [1.54, 1.807) is 0 Å². The van der Waals surface area contributed by atoms with Crippen LogP contribution in [0.15, 0.2) is 30.8 Å². The van der Waals surface area contributed by atoms with Gasteiger partial charge in [-0.25, -0.2) is 4.79 Å². The number of carboxylic acids is 1. The van der Waals surface area contributed by atoms with E-state index in [0.717, 1.165) is 11.3 Å². The number of benzene rings is 1. The van der Waals surface area contributed by atoms with Gasteiger partial charge in [-0.2, -0.15) is 0 Å². The lowest BCUT2D eigenvalue weighted by atomic mass is 9.86. The van der Waals surface area contributed by atoms with Crippen LogP contribution in [-0.4, -0.2) is 23.2 Å². The van der Waals surface area contributed by atoms with Gasteiger partial charge < -0.3 is 15.2 Å². The van der Waals surface area contributed by atoms with Gasteiger partial charge >= 0.3 is 5.97 Å². The molecule has 0 saturated carbocycles. The van der Waals surface area contributed by atoms with Gasteiger partial charge in [0.15, 0.2) is 0 Å². The van der Waals surface area contributed by atoms with Gasteiger partial charge in [-0.15, -0.1) is 0 Å². The second kappa shape index (κ2) is 6.66. The van der Waals surface area contributed by atoms with Crippen molar-refractivity contribution in [2.75, 3.05) is 5.32 Å². The maximum atomic E-state index is 11.4. The lowest BCUT2D eigenvalue weighted by Gasteiger charge is -2.28. The van der Waals surface area contributed by atoms with Crippen molar-refractivity contribution in [1.29, 1.82) is 0 Å². The van der Waals surface area contributed by atoms with Gasteiger partial charge in [0.2, 0.25) is 0 Å². The maximum Gasteiger partial charge on any atom is 0.326 e. The third-order valence-electron chi connectivity index (χ3n) is 2.99. The Morgan fingerprint density at radius 3 is 2.43 bits per heavy atom. The largest absolute Gasteiger partial charge is 0.491 e. The number of anilines is 1. The molecule has 0 aromatic heterocycles. The number of carboxylic acid groups (broad SMARTS) is 1. The van der Waals surface area contributed by atoms with E-state index in [0.29, 0.717) is 5.76 Å². The normalized spacial score (nSPS) is 12.9. The van der Waals surface area contributed by atoms with E-state index >= 15 is 0 Å². The van der Waals surface area contributed by atoms with Crippen molar-refractivity contribution in [2.24, 2.45) is 5.41 Å². The molecule has 0 aliphatic rings. The molecule has 2 N–H and O–H groups in total. The second-order valence-corrected chi connectivity index (χ2v) is 6.45. The van der Waals surface area contributed by atoms with Crippen molar-refractivity contribution in [1.82, 2.24) is 0 Å². The molecule has 1 aromatic rings. The minimum absolute atomic E-state index is 0.0514. The summed E-state index contributed by atoms with van der Waals surface area (Å²) in [6.45, 7) is 13.5. The molecule has 0 radical (unpaired) electrons. The van der Waals surface area contributed by atoms with E-state index in [-0.39, 0.29) is 6.10 Å². The van der Waals surface area contributed by atoms with E-state index in [9.17, 15) is 9.90 Å². The first kappa shape index (κ1) is 17.1. The van der Waals surface area contributed by atoms with Gasteiger partial charge in [0.1, 0.15) is 11.8 Å².